The zero-order valence-corrected chi connectivity index (χ0v) is 10.3. The normalized spacial score (nSPS) is 16.2. The van der Waals surface area contributed by atoms with Crippen LogP contribution in [0.25, 0.3) is 11.6 Å². The Hall–Kier alpha value is -2.26. The number of nitrogens with one attached hydrogen (secondary N) is 1. The van der Waals surface area contributed by atoms with Crippen LogP contribution in [0, 0.1) is 11.3 Å². The summed E-state index contributed by atoms with van der Waals surface area (Å²) in [5.74, 6) is 1.53. The van der Waals surface area contributed by atoms with Crippen molar-refractivity contribution in [1.82, 2.24) is 20.4 Å². The maximum atomic E-state index is 8.73. The number of hydrogen-bond acceptors (Lipinski definition) is 6. The lowest BCUT2D eigenvalue weighted by Crippen LogP contribution is -2.27. The topological polar surface area (TPSA) is 87.6 Å². The molecule has 0 radical (unpaired) electrons. The largest absolute Gasteiger partial charge is 0.332 e. The summed E-state index contributed by atoms with van der Waals surface area (Å²) < 4.78 is 5.25. The SMILES string of the molecule is N#Cc1ccc(-c2nc(C3CCNCC3)no2)nc1. The predicted molar refractivity (Wildman–Crippen MR) is 67.1 cm³/mol. The third-order valence-corrected chi connectivity index (χ3v) is 3.26. The Balaban J connectivity index is 1.81. The molecule has 0 amide bonds. The molecule has 1 aliphatic heterocycles. The molecule has 96 valence electrons. The van der Waals surface area contributed by atoms with Gasteiger partial charge in [0.1, 0.15) is 11.8 Å². The molecule has 1 aliphatic rings. The molecule has 3 rings (SSSR count). The van der Waals surface area contributed by atoms with Gasteiger partial charge in [0.15, 0.2) is 5.82 Å². The van der Waals surface area contributed by atoms with E-state index in [-0.39, 0.29) is 0 Å². The highest BCUT2D eigenvalue weighted by atomic mass is 16.5. The second kappa shape index (κ2) is 5.16. The molecule has 0 unspecified atom stereocenters. The molecular formula is C13H13N5O. The Kier molecular flexibility index (Phi) is 3.21. The van der Waals surface area contributed by atoms with E-state index < -0.39 is 0 Å². The van der Waals surface area contributed by atoms with Crippen molar-refractivity contribution in [1.29, 1.82) is 5.26 Å². The average molecular weight is 255 g/mol. The Morgan fingerprint density at radius 1 is 1.32 bits per heavy atom. The number of rotatable bonds is 2. The summed E-state index contributed by atoms with van der Waals surface area (Å²) in [4.78, 5) is 8.56. The van der Waals surface area contributed by atoms with Crippen molar-refractivity contribution in [2.75, 3.05) is 13.1 Å². The number of piperidine rings is 1. The second-order valence-electron chi connectivity index (χ2n) is 4.53. The lowest BCUT2D eigenvalue weighted by Gasteiger charge is -2.18. The van der Waals surface area contributed by atoms with Crippen LogP contribution in [0.3, 0.4) is 0 Å². The van der Waals surface area contributed by atoms with Gasteiger partial charge in [-0.15, -0.1) is 0 Å². The van der Waals surface area contributed by atoms with Gasteiger partial charge in [-0.05, 0) is 38.1 Å². The van der Waals surface area contributed by atoms with Crippen molar-refractivity contribution in [3.63, 3.8) is 0 Å². The van der Waals surface area contributed by atoms with E-state index in [2.05, 4.69) is 20.4 Å². The lowest BCUT2D eigenvalue weighted by atomic mass is 9.98. The van der Waals surface area contributed by atoms with Crippen LogP contribution < -0.4 is 5.32 Å². The van der Waals surface area contributed by atoms with Gasteiger partial charge < -0.3 is 9.84 Å². The Bertz CT molecular complexity index is 592. The summed E-state index contributed by atoms with van der Waals surface area (Å²) in [6.45, 7) is 1.98. The van der Waals surface area contributed by atoms with Crippen LogP contribution in [-0.4, -0.2) is 28.2 Å². The lowest BCUT2D eigenvalue weighted by molar-refractivity contribution is 0.391. The highest BCUT2D eigenvalue weighted by molar-refractivity contribution is 5.47. The number of nitrogens with zero attached hydrogens (tertiary/aromatic N) is 4. The van der Waals surface area contributed by atoms with E-state index in [0.717, 1.165) is 31.8 Å². The van der Waals surface area contributed by atoms with E-state index in [4.69, 9.17) is 9.78 Å². The van der Waals surface area contributed by atoms with Crippen molar-refractivity contribution < 1.29 is 4.52 Å². The van der Waals surface area contributed by atoms with Gasteiger partial charge >= 0.3 is 0 Å². The van der Waals surface area contributed by atoms with E-state index in [1.54, 1.807) is 12.1 Å². The number of hydrogen-bond donors (Lipinski definition) is 1. The molecule has 19 heavy (non-hydrogen) atoms. The van der Waals surface area contributed by atoms with Gasteiger partial charge in [0.2, 0.25) is 0 Å². The highest BCUT2D eigenvalue weighted by Gasteiger charge is 2.21. The van der Waals surface area contributed by atoms with Gasteiger partial charge in [-0.3, -0.25) is 0 Å². The molecule has 1 N–H and O–H groups in total. The third kappa shape index (κ3) is 2.46. The molecule has 0 atom stereocenters. The smallest absolute Gasteiger partial charge is 0.276 e. The van der Waals surface area contributed by atoms with Gasteiger partial charge in [-0.2, -0.15) is 10.2 Å². The zero-order chi connectivity index (χ0) is 13.1. The summed E-state index contributed by atoms with van der Waals surface area (Å²) in [5, 5.41) is 16.1. The minimum absolute atomic E-state index is 0.358. The molecule has 6 heteroatoms. The van der Waals surface area contributed by atoms with E-state index >= 15 is 0 Å². The van der Waals surface area contributed by atoms with Gasteiger partial charge in [-0.1, -0.05) is 5.16 Å². The van der Waals surface area contributed by atoms with Crippen molar-refractivity contribution in [3.8, 4) is 17.7 Å². The summed E-state index contributed by atoms with van der Waals surface area (Å²) >= 11 is 0. The molecule has 0 bridgehead atoms. The average Bonchev–Trinajstić information content (AvgIpc) is 2.98. The van der Waals surface area contributed by atoms with Gasteiger partial charge in [0.25, 0.3) is 5.89 Å². The first-order valence-electron chi connectivity index (χ1n) is 6.27. The van der Waals surface area contributed by atoms with Gasteiger partial charge in [-0.25, -0.2) is 4.98 Å². The molecule has 0 aromatic carbocycles. The van der Waals surface area contributed by atoms with Crippen LogP contribution in [-0.2, 0) is 0 Å². The molecule has 0 aliphatic carbocycles. The maximum absolute atomic E-state index is 8.73. The molecule has 0 spiro atoms. The van der Waals surface area contributed by atoms with Crippen LogP contribution >= 0.6 is 0 Å². The van der Waals surface area contributed by atoms with Crippen molar-refractivity contribution >= 4 is 0 Å². The number of pyridine rings is 1. The first kappa shape index (κ1) is 11.8. The van der Waals surface area contributed by atoms with E-state index in [1.807, 2.05) is 6.07 Å². The summed E-state index contributed by atoms with van der Waals surface area (Å²) in [6, 6.07) is 5.44. The molecular weight excluding hydrogens is 242 g/mol. The van der Waals surface area contributed by atoms with E-state index in [0.29, 0.717) is 23.1 Å². The summed E-state index contributed by atoms with van der Waals surface area (Å²) in [7, 11) is 0. The molecule has 3 heterocycles. The number of aromatic nitrogens is 3. The van der Waals surface area contributed by atoms with Crippen LogP contribution in [0.4, 0.5) is 0 Å². The minimum atomic E-state index is 0.358. The van der Waals surface area contributed by atoms with Gasteiger partial charge in [0.05, 0.1) is 5.56 Å². The standard InChI is InChI=1S/C13H13N5O/c14-7-9-1-2-11(16-8-9)13-17-12(18-19-13)10-3-5-15-6-4-10/h1-2,8,10,15H,3-6H2. The van der Waals surface area contributed by atoms with Crippen LogP contribution in [0.1, 0.15) is 30.1 Å². The minimum Gasteiger partial charge on any atom is -0.332 e. The fourth-order valence-corrected chi connectivity index (χ4v) is 2.17. The zero-order valence-electron chi connectivity index (χ0n) is 10.3. The predicted octanol–water partition coefficient (Wildman–Crippen LogP) is 1.47. The third-order valence-electron chi connectivity index (χ3n) is 3.26. The molecule has 2 aromatic heterocycles. The van der Waals surface area contributed by atoms with Gasteiger partial charge in [0, 0.05) is 12.1 Å². The van der Waals surface area contributed by atoms with E-state index in [9.17, 15) is 0 Å². The van der Waals surface area contributed by atoms with Crippen LogP contribution in [0.2, 0.25) is 0 Å². The first-order valence-corrected chi connectivity index (χ1v) is 6.27. The van der Waals surface area contributed by atoms with Crippen LogP contribution in [0.15, 0.2) is 22.9 Å². The molecule has 6 nitrogen and oxygen atoms in total. The van der Waals surface area contributed by atoms with Crippen molar-refractivity contribution in [2.24, 2.45) is 0 Å². The van der Waals surface area contributed by atoms with Crippen molar-refractivity contribution in [3.05, 3.63) is 29.7 Å². The van der Waals surface area contributed by atoms with Crippen molar-refractivity contribution in [2.45, 2.75) is 18.8 Å². The quantitative estimate of drug-likeness (QED) is 0.874. The Morgan fingerprint density at radius 2 is 2.16 bits per heavy atom. The summed E-state index contributed by atoms with van der Waals surface area (Å²) in [6.07, 6.45) is 3.56. The first-order chi connectivity index (χ1) is 9.36. The fraction of sp³-hybridized carbons (Fsp3) is 0.385. The van der Waals surface area contributed by atoms with E-state index in [1.165, 1.54) is 6.20 Å². The molecule has 1 fully saturated rings. The Morgan fingerprint density at radius 3 is 2.84 bits per heavy atom. The monoisotopic (exact) mass is 255 g/mol. The fourth-order valence-electron chi connectivity index (χ4n) is 2.17. The number of nitriles is 1. The highest BCUT2D eigenvalue weighted by Crippen LogP contribution is 2.24. The van der Waals surface area contributed by atoms with Crippen LogP contribution in [0.5, 0.6) is 0 Å². The summed E-state index contributed by atoms with van der Waals surface area (Å²) in [5.41, 5.74) is 1.12. The second-order valence-corrected chi connectivity index (χ2v) is 4.53. The molecule has 0 saturated carbocycles. The molecule has 2 aromatic rings. The Labute approximate surface area is 110 Å². The molecule has 1 saturated heterocycles. The maximum Gasteiger partial charge on any atom is 0.276 e.